The molecule has 1 aromatic heterocycles. The molecule has 0 aliphatic rings. The van der Waals surface area contributed by atoms with E-state index in [1.165, 1.54) is 12.1 Å². The summed E-state index contributed by atoms with van der Waals surface area (Å²) in [6.07, 6.45) is 0. The van der Waals surface area contributed by atoms with Crippen molar-refractivity contribution in [3.63, 3.8) is 0 Å². The van der Waals surface area contributed by atoms with Crippen LogP contribution in [0.15, 0.2) is 12.1 Å². The van der Waals surface area contributed by atoms with E-state index in [1.807, 2.05) is 0 Å². The Morgan fingerprint density at radius 2 is 2.29 bits per heavy atom. The van der Waals surface area contributed by atoms with Crippen molar-refractivity contribution in [2.75, 3.05) is 13.2 Å². The van der Waals surface area contributed by atoms with Gasteiger partial charge in [0.05, 0.1) is 11.6 Å². The second kappa shape index (κ2) is 4.78. The van der Waals surface area contributed by atoms with Crippen molar-refractivity contribution in [1.29, 1.82) is 0 Å². The van der Waals surface area contributed by atoms with Crippen LogP contribution in [0.4, 0.5) is 0 Å². The molecule has 6 heteroatoms. The maximum absolute atomic E-state index is 10.6. The molecule has 0 radical (unpaired) electrons. The molecule has 0 saturated heterocycles. The lowest BCUT2D eigenvalue weighted by molar-refractivity contribution is 0.0689. The van der Waals surface area contributed by atoms with E-state index >= 15 is 0 Å². The zero-order chi connectivity index (χ0) is 10.6. The number of carboxylic acids is 1. The quantitative estimate of drug-likeness (QED) is 0.780. The number of carbonyl (C=O) groups is 1. The molecule has 0 unspecified atom stereocenters. The lowest BCUT2D eigenvalue weighted by Gasteiger charge is -2.04. The number of hydrogen-bond donors (Lipinski definition) is 2. The number of halogens is 1. The number of nitrogens with zero attached hydrogens (tertiary/aromatic N) is 1. The average Bonchev–Trinajstić information content (AvgIpc) is 2.16. The second-order valence-electron chi connectivity index (χ2n) is 2.36. The monoisotopic (exact) mass is 217 g/mol. The molecule has 1 aromatic rings. The minimum Gasteiger partial charge on any atom is -0.476 e. The van der Waals surface area contributed by atoms with Gasteiger partial charge in [0, 0.05) is 6.07 Å². The molecule has 14 heavy (non-hydrogen) atoms. The SMILES string of the molecule is O=C(O)c1nc(OCCO)ccc1Cl. The molecule has 76 valence electrons. The molecule has 1 heterocycles. The minimum atomic E-state index is -1.22. The van der Waals surface area contributed by atoms with Gasteiger partial charge < -0.3 is 14.9 Å². The Bertz CT molecular complexity index is 342. The molecule has 0 aromatic carbocycles. The summed E-state index contributed by atoms with van der Waals surface area (Å²) in [4.78, 5) is 14.2. The molecule has 0 fully saturated rings. The van der Waals surface area contributed by atoms with Gasteiger partial charge in [0.15, 0.2) is 5.69 Å². The Balaban J connectivity index is 2.89. The fraction of sp³-hybridized carbons (Fsp3) is 0.250. The summed E-state index contributed by atoms with van der Waals surface area (Å²) in [5, 5.41) is 17.2. The van der Waals surface area contributed by atoms with E-state index < -0.39 is 5.97 Å². The van der Waals surface area contributed by atoms with E-state index in [9.17, 15) is 4.79 Å². The molecule has 0 bridgehead atoms. The van der Waals surface area contributed by atoms with Gasteiger partial charge in [0.1, 0.15) is 6.61 Å². The van der Waals surface area contributed by atoms with Gasteiger partial charge in [-0.25, -0.2) is 9.78 Å². The summed E-state index contributed by atoms with van der Waals surface area (Å²) in [7, 11) is 0. The molecule has 1 rings (SSSR count). The highest BCUT2D eigenvalue weighted by Crippen LogP contribution is 2.17. The van der Waals surface area contributed by atoms with Crippen molar-refractivity contribution in [1.82, 2.24) is 4.98 Å². The summed E-state index contributed by atoms with van der Waals surface area (Å²) in [5.74, 6) is -1.09. The molecular formula is C8H8ClNO4. The summed E-state index contributed by atoms with van der Waals surface area (Å²) in [6, 6.07) is 2.81. The zero-order valence-electron chi connectivity index (χ0n) is 7.11. The number of rotatable bonds is 4. The second-order valence-corrected chi connectivity index (χ2v) is 2.76. The molecular weight excluding hydrogens is 210 g/mol. The van der Waals surface area contributed by atoms with Gasteiger partial charge in [-0.1, -0.05) is 11.6 Å². The van der Waals surface area contributed by atoms with Gasteiger partial charge in [-0.05, 0) is 6.07 Å². The number of aromatic carboxylic acids is 1. The van der Waals surface area contributed by atoms with E-state index in [-0.39, 0.29) is 29.8 Å². The van der Waals surface area contributed by atoms with Gasteiger partial charge in [0.2, 0.25) is 5.88 Å². The Kier molecular flexibility index (Phi) is 3.67. The average molecular weight is 218 g/mol. The number of aliphatic hydroxyl groups is 1. The topological polar surface area (TPSA) is 79.7 Å². The minimum absolute atomic E-state index is 0.0499. The molecule has 2 N–H and O–H groups in total. The van der Waals surface area contributed by atoms with Crippen molar-refractivity contribution < 1.29 is 19.7 Å². The van der Waals surface area contributed by atoms with Gasteiger partial charge in [-0.15, -0.1) is 0 Å². The highest BCUT2D eigenvalue weighted by molar-refractivity contribution is 6.33. The molecule has 0 saturated carbocycles. The fourth-order valence-corrected chi connectivity index (χ4v) is 0.991. The largest absolute Gasteiger partial charge is 0.476 e. The lowest BCUT2D eigenvalue weighted by atomic mass is 10.3. The molecule has 0 amide bonds. The van der Waals surface area contributed by atoms with E-state index in [0.717, 1.165) is 0 Å². The maximum atomic E-state index is 10.6. The first-order chi connectivity index (χ1) is 6.65. The van der Waals surface area contributed by atoms with E-state index in [2.05, 4.69) is 4.98 Å². The van der Waals surface area contributed by atoms with Gasteiger partial charge in [0.25, 0.3) is 0 Å². The van der Waals surface area contributed by atoms with Crippen LogP contribution in [0.25, 0.3) is 0 Å². The number of pyridine rings is 1. The van der Waals surface area contributed by atoms with Crippen molar-refractivity contribution in [3.8, 4) is 5.88 Å². The van der Waals surface area contributed by atoms with Gasteiger partial charge >= 0.3 is 5.97 Å². The predicted molar refractivity (Wildman–Crippen MR) is 48.8 cm³/mol. The first-order valence-corrected chi connectivity index (χ1v) is 4.16. The van der Waals surface area contributed by atoms with Crippen molar-refractivity contribution in [3.05, 3.63) is 22.8 Å². The predicted octanol–water partition coefficient (Wildman–Crippen LogP) is 0.804. The first kappa shape index (κ1) is 10.7. The number of aliphatic hydroxyl groups excluding tert-OH is 1. The summed E-state index contributed by atoms with van der Waals surface area (Å²) < 4.78 is 4.92. The van der Waals surface area contributed by atoms with E-state index in [1.54, 1.807) is 0 Å². The highest BCUT2D eigenvalue weighted by Gasteiger charge is 2.11. The van der Waals surface area contributed by atoms with Crippen LogP contribution in [0.2, 0.25) is 5.02 Å². The first-order valence-electron chi connectivity index (χ1n) is 3.78. The molecule has 0 aliphatic heterocycles. The van der Waals surface area contributed by atoms with Crippen molar-refractivity contribution >= 4 is 17.6 Å². The summed E-state index contributed by atoms with van der Waals surface area (Å²) in [5.41, 5.74) is -0.262. The van der Waals surface area contributed by atoms with Gasteiger partial charge in [-0.2, -0.15) is 0 Å². The van der Waals surface area contributed by atoms with Crippen LogP contribution in [0.5, 0.6) is 5.88 Å². The van der Waals surface area contributed by atoms with Crippen LogP contribution in [-0.2, 0) is 0 Å². The third-order valence-corrected chi connectivity index (χ3v) is 1.67. The van der Waals surface area contributed by atoms with Crippen LogP contribution in [0.3, 0.4) is 0 Å². The number of aromatic nitrogens is 1. The Morgan fingerprint density at radius 1 is 1.57 bits per heavy atom. The van der Waals surface area contributed by atoms with Crippen LogP contribution >= 0.6 is 11.6 Å². The molecule has 0 aliphatic carbocycles. The Hall–Kier alpha value is -1.33. The number of hydrogen-bond acceptors (Lipinski definition) is 4. The van der Waals surface area contributed by atoms with Crippen LogP contribution in [-0.4, -0.2) is 34.4 Å². The zero-order valence-corrected chi connectivity index (χ0v) is 7.86. The Labute approximate surface area is 84.9 Å². The van der Waals surface area contributed by atoms with Crippen LogP contribution in [0, 0.1) is 0 Å². The standard InChI is InChI=1S/C8H8ClNO4/c9-5-1-2-6(14-4-3-11)10-7(5)8(12)13/h1-2,11H,3-4H2,(H,12,13). The maximum Gasteiger partial charge on any atom is 0.356 e. The van der Waals surface area contributed by atoms with Crippen molar-refractivity contribution in [2.45, 2.75) is 0 Å². The lowest BCUT2D eigenvalue weighted by Crippen LogP contribution is -2.06. The van der Waals surface area contributed by atoms with Crippen molar-refractivity contribution in [2.24, 2.45) is 0 Å². The molecule has 5 nitrogen and oxygen atoms in total. The van der Waals surface area contributed by atoms with E-state index in [0.29, 0.717) is 0 Å². The van der Waals surface area contributed by atoms with E-state index in [4.69, 9.17) is 26.6 Å². The highest BCUT2D eigenvalue weighted by atomic mass is 35.5. The smallest absolute Gasteiger partial charge is 0.356 e. The normalized spacial score (nSPS) is 9.86. The molecule has 0 spiro atoms. The third-order valence-electron chi connectivity index (χ3n) is 1.36. The number of carboxylic acid groups (broad SMARTS) is 1. The number of ether oxygens (including phenoxy) is 1. The fourth-order valence-electron chi connectivity index (χ4n) is 0.805. The summed E-state index contributed by atoms with van der Waals surface area (Å²) in [6.45, 7) is -0.0968. The summed E-state index contributed by atoms with van der Waals surface area (Å²) >= 11 is 5.58. The Morgan fingerprint density at radius 3 is 2.86 bits per heavy atom. The van der Waals surface area contributed by atoms with Crippen LogP contribution < -0.4 is 4.74 Å². The van der Waals surface area contributed by atoms with Gasteiger partial charge in [-0.3, -0.25) is 0 Å². The van der Waals surface area contributed by atoms with Crippen LogP contribution in [0.1, 0.15) is 10.5 Å². The molecule has 0 atom stereocenters. The third kappa shape index (κ3) is 2.58.